The van der Waals surface area contributed by atoms with Crippen LogP contribution in [0.5, 0.6) is 0 Å². The maximum atomic E-state index is 12.4. The average molecular weight is 348 g/mol. The Labute approximate surface area is 146 Å². The summed E-state index contributed by atoms with van der Waals surface area (Å²) in [5, 5.41) is 14.2. The lowest BCUT2D eigenvalue weighted by molar-refractivity contribution is -0.142. The Kier molecular flexibility index (Phi) is 8.32. The Morgan fingerprint density at radius 2 is 1.68 bits per heavy atom. The van der Waals surface area contributed by atoms with Gasteiger partial charge in [-0.1, -0.05) is 37.3 Å². The van der Waals surface area contributed by atoms with Crippen LogP contribution >= 0.6 is 0 Å². The third-order valence-electron chi connectivity index (χ3n) is 3.70. The molecule has 1 aromatic carbocycles. The highest BCUT2D eigenvalue weighted by molar-refractivity contribution is 5.90. The standard InChI is InChI=1S/C18H24N2O5/c1-3-14(22)9-10-15(18(24)25)20-17(23)16(19-12(2)21)11-13-7-5-4-6-8-13/h4-8,15-16H,3,9-11H2,1-2H3,(H,19,21)(H,20,23)(H,24,25)/t15-,16+/m0/s1. The van der Waals surface area contributed by atoms with Crippen molar-refractivity contribution >= 4 is 23.6 Å². The number of carbonyl (C=O) groups excluding carboxylic acids is 3. The predicted octanol–water partition coefficient (Wildman–Crippen LogP) is 1.06. The van der Waals surface area contributed by atoms with Gasteiger partial charge < -0.3 is 15.7 Å². The molecule has 25 heavy (non-hydrogen) atoms. The predicted molar refractivity (Wildman–Crippen MR) is 91.8 cm³/mol. The van der Waals surface area contributed by atoms with Crippen molar-refractivity contribution < 1.29 is 24.3 Å². The molecule has 0 aliphatic heterocycles. The molecule has 0 saturated heterocycles. The summed E-state index contributed by atoms with van der Waals surface area (Å²) in [4.78, 5) is 46.5. The number of benzene rings is 1. The molecule has 0 unspecified atom stereocenters. The summed E-state index contributed by atoms with van der Waals surface area (Å²) in [7, 11) is 0. The minimum Gasteiger partial charge on any atom is -0.480 e. The second-order valence-corrected chi connectivity index (χ2v) is 5.77. The van der Waals surface area contributed by atoms with Crippen LogP contribution < -0.4 is 10.6 Å². The van der Waals surface area contributed by atoms with E-state index in [2.05, 4.69) is 10.6 Å². The van der Waals surface area contributed by atoms with Gasteiger partial charge in [-0.25, -0.2) is 4.79 Å². The van der Waals surface area contributed by atoms with Gasteiger partial charge in [0.2, 0.25) is 11.8 Å². The van der Waals surface area contributed by atoms with Gasteiger partial charge in [0.15, 0.2) is 0 Å². The molecule has 136 valence electrons. The molecular weight excluding hydrogens is 324 g/mol. The van der Waals surface area contributed by atoms with Crippen molar-refractivity contribution in [3.63, 3.8) is 0 Å². The molecule has 1 aromatic rings. The lowest BCUT2D eigenvalue weighted by atomic mass is 10.0. The van der Waals surface area contributed by atoms with E-state index in [9.17, 15) is 24.3 Å². The number of amides is 2. The van der Waals surface area contributed by atoms with Crippen molar-refractivity contribution in [3.05, 3.63) is 35.9 Å². The number of hydrogen-bond donors (Lipinski definition) is 3. The normalized spacial score (nSPS) is 12.7. The molecule has 0 spiro atoms. The van der Waals surface area contributed by atoms with E-state index in [-0.39, 0.29) is 31.0 Å². The molecule has 0 aliphatic rings. The second kappa shape index (κ2) is 10.2. The first kappa shape index (κ1) is 20.3. The fraction of sp³-hybridized carbons (Fsp3) is 0.444. The quantitative estimate of drug-likeness (QED) is 0.585. The lowest BCUT2D eigenvalue weighted by Gasteiger charge is -2.21. The van der Waals surface area contributed by atoms with E-state index >= 15 is 0 Å². The maximum Gasteiger partial charge on any atom is 0.326 e. The molecule has 0 heterocycles. The minimum absolute atomic E-state index is 0.0197. The molecule has 0 radical (unpaired) electrons. The van der Waals surface area contributed by atoms with Gasteiger partial charge >= 0.3 is 5.97 Å². The molecule has 7 heteroatoms. The zero-order chi connectivity index (χ0) is 18.8. The van der Waals surface area contributed by atoms with Crippen LogP contribution in [0.3, 0.4) is 0 Å². The number of rotatable bonds is 10. The molecule has 0 aliphatic carbocycles. The van der Waals surface area contributed by atoms with E-state index in [1.807, 2.05) is 30.3 Å². The van der Waals surface area contributed by atoms with Crippen molar-refractivity contribution in [1.29, 1.82) is 0 Å². The third-order valence-corrected chi connectivity index (χ3v) is 3.70. The highest BCUT2D eigenvalue weighted by Crippen LogP contribution is 2.06. The van der Waals surface area contributed by atoms with Gasteiger partial charge in [-0.05, 0) is 12.0 Å². The number of aliphatic carboxylic acids is 1. The van der Waals surface area contributed by atoms with Gasteiger partial charge in [-0.3, -0.25) is 14.4 Å². The van der Waals surface area contributed by atoms with Crippen molar-refractivity contribution in [2.45, 2.75) is 51.6 Å². The SMILES string of the molecule is CCC(=O)CC[C@H](NC(=O)[C@@H](Cc1ccccc1)NC(C)=O)C(=O)O. The van der Waals surface area contributed by atoms with Crippen molar-refractivity contribution in [2.24, 2.45) is 0 Å². The van der Waals surface area contributed by atoms with E-state index < -0.39 is 24.0 Å². The molecule has 2 amide bonds. The molecule has 2 atom stereocenters. The first-order valence-electron chi connectivity index (χ1n) is 8.19. The fourth-order valence-electron chi connectivity index (χ4n) is 2.32. The molecule has 0 fully saturated rings. The molecule has 7 nitrogen and oxygen atoms in total. The van der Waals surface area contributed by atoms with Crippen LogP contribution in [0.25, 0.3) is 0 Å². The van der Waals surface area contributed by atoms with E-state index in [1.54, 1.807) is 6.92 Å². The molecule has 3 N–H and O–H groups in total. The monoisotopic (exact) mass is 348 g/mol. The topological polar surface area (TPSA) is 113 Å². The van der Waals surface area contributed by atoms with Crippen molar-refractivity contribution in [1.82, 2.24) is 10.6 Å². The largest absolute Gasteiger partial charge is 0.480 e. The number of hydrogen-bond acceptors (Lipinski definition) is 4. The number of nitrogens with one attached hydrogen (secondary N) is 2. The van der Waals surface area contributed by atoms with Crippen LogP contribution in [-0.4, -0.2) is 40.8 Å². The van der Waals surface area contributed by atoms with Gasteiger partial charge in [0.05, 0.1) is 0 Å². The summed E-state index contributed by atoms with van der Waals surface area (Å²) in [5.41, 5.74) is 0.837. The Morgan fingerprint density at radius 1 is 1.04 bits per heavy atom. The Hall–Kier alpha value is -2.70. The zero-order valence-electron chi connectivity index (χ0n) is 14.5. The molecular formula is C18H24N2O5. The molecule has 0 aromatic heterocycles. The molecule has 0 saturated carbocycles. The van der Waals surface area contributed by atoms with Gasteiger partial charge in [0.25, 0.3) is 0 Å². The smallest absolute Gasteiger partial charge is 0.326 e. The summed E-state index contributed by atoms with van der Waals surface area (Å²) in [5.74, 6) is -2.25. The third kappa shape index (κ3) is 7.60. The summed E-state index contributed by atoms with van der Waals surface area (Å²) in [6.07, 6.45) is 0.665. The van der Waals surface area contributed by atoms with E-state index in [0.29, 0.717) is 6.42 Å². The van der Waals surface area contributed by atoms with Crippen LogP contribution in [0.4, 0.5) is 0 Å². The first-order valence-corrected chi connectivity index (χ1v) is 8.19. The van der Waals surface area contributed by atoms with Crippen molar-refractivity contribution in [3.8, 4) is 0 Å². The van der Waals surface area contributed by atoms with Crippen LogP contribution in [0.15, 0.2) is 30.3 Å². The molecule has 1 rings (SSSR count). The summed E-state index contributed by atoms with van der Waals surface area (Å²) in [6.45, 7) is 2.99. The van der Waals surface area contributed by atoms with Crippen LogP contribution in [-0.2, 0) is 25.6 Å². The zero-order valence-corrected chi connectivity index (χ0v) is 14.5. The maximum absolute atomic E-state index is 12.4. The summed E-state index contributed by atoms with van der Waals surface area (Å²) >= 11 is 0. The van der Waals surface area contributed by atoms with E-state index in [4.69, 9.17) is 0 Å². The van der Waals surface area contributed by atoms with Gasteiger partial charge in [-0.2, -0.15) is 0 Å². The van der Waals surface area contributed by atoms with Gasteiger partial charge in [0.1, 0.15) is 17.9 Å². The van der Waals surface area contributed by atoms with Crippen LogP contribution in [0.2, 0.25) is 0 Å². The van der Waals surface area contributed by atoms with Crippen molar-refractivity contribution in [2.75, 3.05) is 0 Å². The second-order valence-electron chi connectivity index (χ2n) is 5.77. The Balaban J connectivity index is 2.78. The number of Topliss-reactive ketones (excluding diaryl/α,β-unsaturated/α-hetero) is 1. The summed E-state index contributed by atoms with van der Waals surface area (Å²) < 4.78 is 0. The number of ketones is 1. The average Bonchev–Trinajstić information content (AvgIpc) is 2.57. The van der Waals surface area contributed by atoms with Gasteiger partial charge in [0, 0.05) is 26.2 Å². The highest BCUT2D eigenvalue weighted by Gasteiger charge is 2.26. The Morgan fingerprint density at radius 3 is 2.20 bits per heavy atom. The first-order chi connectivity index (χ1) is 11.8. The van der Waals surface area contributed by atoms with E-state index in [0.717, 1.165) is 5.56 Å². The van der Waals surface area contributed by atoms with E-state index in [1.165, 1.54) is 6.92 Å². The van der Waals surface area contributed by atoms with Crippen LogP contribution in [0, 0.1) is 0 Å². The van der Waals surface area contributed by atoms with Gasteiger partial charge in [-0.15, -0.1) is 0 Å². The molecule has 0 bridgehead atoms. The number of carboxylic acids is 1. The Bertz CT molecular complexity index is 615. The summed E-state index contributed by atoms with van der Waals surface area (Å²) in [6, 6.07) is 7.04. The number of carboxylic acid groups (broad SMARTS) is 1. The highest BCUT2D eigenvalue weighted by atomic mass is 16.4. The lowest BCUT2D eigenvalue weighted by Crippen LogP contribution is -2.52. The van der Waals surface area contributed by atoms with Crippen LogP contribution in [0.1, 0.15) is 38.7 Å². The number of carbonyl (C=O) groups is 4. The minimum atomic E-state index is -1.21. The fourth-order valence-corrected chi connectivity index (χ4v) is 2.32.